The summed E-state index contributed by atoms with van der Waals surface area (Å²) in [7, 11) is 1.43. The van der Waals surface area contributed by atoms with Gasteiger partial charge in [0.1, 0.15) is 0 Å². The highest BCUT2D eigenvalue weighted by Crippen LogP contribution is 2.27. The zero-order chi connectivity index (χ0) is 14.3. The Morgan fingerprint density at radius 3 is 2.84 bits per heavy atom. The Kier molecular flexibility index (Phi) is 6.66. The van der Waals surface area contributed by atoms with E-state index in [1.54, 1.807) is 12.1 Å². The van der Waals surface area contributed by atoms with Crippen LogP contribution in [-0.4, -0.2) is 29.6 Å². The standard InChI is InChI=1S/C13H20N2O3S/c1-4-19-9-10(2)14-8-11-5-6-13(18-3)12(7-11)15(16)17/h5-7,10,14H,4,8-9H2,1-3H3. The van der Waals surface area contributed by atoms with E-state index in [9.17, 15) is 10.1 Å². The van der Waals surface area contributed by atoms with Crippen LogP contribution >= 0.6 is 11.8 Å². The molecule has 0 amide bonds. The molecule has 0 saturated carbocycles. The quantitative estimate of drug-likeness (QED) is 0.587. The van der Waals surface area contributed by atoms with Crippen LogP contribution in [0.2, 0.25) is 0 Å². The van der Waals surface area contributed by atoms with Gasteiger partial charge in [-0.3, -0.25) is 10.1 Å². The van der Waals surface area contributed by atoms with Crippen molar-refractivity contribution in [3.8, 4) is 5.75 Å². The molecule has 0 saturated heterocycles. The van der Waals surface area contributed by atoms with Crippen molar-refractivity contribution in [2.24, 2.45) is 0 Å². The molecule has 0 radical (unpaired) electrons. The van der Waals surface area contributed by atoms with Gasteiger partial charge >= 0.3 is 5.69 Å². The van der Waals surface area contributed by atoms with Crippen molar-refractivity contribution < 1.29 is 9.66 Å². The van der Waals surface area contributed by atoms with Crippen LogP contribution in [0.1, 0.15) is 19.4 Å². The molecule has 1 unspecified atom stereocenters. The summed E-state index contributed by atoms with van der Waals surface area (Å²) in [4.78, 5) is 10.5. The summed E-state index contributed by atoms with van der Waals surface area (Å²) in [6.45, 7) is 4.86. The molecule has 0 aliphatic heterocycles. The molecular formula is C13H20N2O3S. The molecule has 106 valence electrons. The maximum Gasteiger partial charge on any atom is 0.311 e. The third-order valence-corrected chi connectivity index (χ3v) is 3.81. The van der Waals surface area contributed by atoms with Crippen LogP contribution in [0, 0.1) is 10.1 Å². The van der Waals surface area contributed by atoms with Gasteiger partial charge in [-0.05, 0) is 24.3 Å². The van der Waals surface area contributed by atoms with Gasteiger partial charge in [0.2, 0.25) is 0 Å². The van der Waals surface area contributed by atoms with E-state index in [0.717, 1.165) is 17.1 Å². The second kappa shape index (κ2) is 8.01. The number of hydrogen-bond acceptors (Lipinski definition) is 5. The molecule has 1 atom stereocenters. The molecule has 5 nitrogen and oxygen atoms in total. The number of nitro groups is 1. The van der Waals surface area contributed by atoms with Crippen molar-refractivity contribution in [2.45, 2.75) is 26.4 Å². The number of hydrogen-bond donors (Lipinski definition) is 1. The van der Waals surface area contributed by atoms with Crippen molar-refractivity contribution in [3.05, 3.63) is 33.9 Å². The molecule has 0 bridgehead atoms. The Morgan fingerprint density at radius 1 is 1.53 bits per heavy atom. The zero-order valence-corrected chi connectivity index (χ0v) is 12.3. The van der Waals surface area contributed by atoms with Gasteiger partial charge in [0.25, 0.3) is 0 Å². The fraction of sp³-hybridized carbons (Fsp3) is 0.538. The molecule has 1 N–H and O–H groups in total. The number of nitro benzene ring substituents is 1. The monoisotopic (exact) mass is 284 g/mol. The Hall–Kier alpha value is -1.27. The van der Waals surface area contributed by atoms with Gasteiger partial charge in [-0.2, -0.15) is 11.8 Å². The molecule has 0 aliphatic rings. The van der Waals surface area contributed by atoms with Crippen molar-refractivity contribution in [2.75, 3.05) is 18.6 Å². The Morgan fingerprint density at radius 2 is 2.26 bits per heavy atom. The van der Waals surface area contributed by atoms with Gasteiger partial charge in [0, 0.05) is 24.4 Å². The normalized spacial score (nSPS) is 12.2. The van der Waals surface area contributed by atoms with E-state index in [0.29, 0.717) is 18.3 Å². The molecule has 1 aromatic carbocycles. The summed E-state index contributed by atoms with van der Waals surface area (Å²) in [5.41, 5.74) is 0.901. The number of nitrogens with one attached hydrogen (secondary N) is 1. The highest BCUT2D eigenvalue weighted by Gasteiger charge is 2.15. The molecule has 0 aliphatic carbocycles. The summed E-state index contributed by atoms with van der Waals surface area (Å²) in [6.07, 6.45) is 0. The molecule has 6 heteroatoms. The van der Waals surface area contributed by atoms with E-state index in [1.165, 1.54) is 7.11 Å². The minimum Gasteiger partial charge on any atom is -0.490 e. The van der Waals surface area contributed by atoms with Crippen molar-refractivity contribution in [1.82, 2.24) is 5.32 Å². The second-order valence-electron chi connectivity index (χ2n) is 4.20. The average Bonchev–Trinajstić information content (AvgIpc) is 2.42. The van der Waals surface area contributed by atoms with Gasteiger partial charge in [-0.25, -0.2) is 0 Å². The highest BCUT2D eigenvalue weighted by molar-refractivity contribution is 7.99. The van der Waals surface area contributed by atoms with E-state index >= 15 is 0 Å². The number of rotatable bonds is 8. The zero-order valence-electron chi connectivity index (χ0n) is 11.5. The molecule has 1 rings (SSSR count). The highest BCUT2D eigenvalue weighted by atomic mass is 32.2. The van der Waals surface area contributed by atoms with Crippen LogP contribution in [0.4, 0.5) is 5.69 Å². The largest absolute Gasteiger partial charge is 0.490 e. The van der Waals surface area contributed by atoms with Gasteiger partial charge in [0.05, 0.1) is 12.0 Å². The van der Waals surface area contributed by atoms with Gasteiger partial charge < -0.3 is 10.1 Å². The fourth-order valence-corrected chi connectivity index (χ4v) is 2.34. The fourth-order valence-electron chi connectivity index (χ4n) is 1.63. The number of ether oxygens (including phenoxy) is 1. The van der Waals surface area contributed by atoms with E-state index < -0.39 is 4.92 Å². The number of thioether (sulfide) groups is 1. The predicted octanol–water partition coefficient (Wildman–Crippen LogP) is 2.83. The lowest BCUT2D eigenvalue weighted by atomic mass is 10.2. The first-order valence-electron chi connectivity index (χ1n) is 6.20. The minimum atomic E-state index is -0.418. The molecule has 0 aromatic heterocycles. The van der Waals surface area contributed by atoms with E-state index in [4.69, 9.17) is 4.74 Å². The molecule has 19 heavy (non-hydrogen) atoms. The van der Waals surface area contributed by atoms with E-state index in [-0.39, 0.29) is 5.69 Å². The van der Waals surface area contributed by atoms with Crippen LogP contribution in [0.25, 0.3) is 0 Å². The number of benzene rings is 1. The predicted molar refractivity (Wildman–Crippen MR) is 78.9 cm³/mol. The molecule has 0 spiro atoms. The van der Waals surface area contributed by atoms with Crippen LogP contribution in [0.3, 0.4) is 0 Å². The summed E-state index contributed by atoms with van der Waals surface area (Å²) in [6, 6.07) is 5.43. The van der Waals surface area contributed by atoms with Gasteiger partial charge in [-0.1, -0.05) is 13.0 Å². The van der Waals surface area contributed by atoms with Crippen LogP contribution in [-0.2, 0) is 6.54 Å². The Labute approximate surface area is 117 Å². The van der Waals surface area contributed by atoms with E-state index in [1.807, 2.05) is 17.8 Å². The lowest BCUT2D eigenvalue weighted by Crippen LogP contribution is -2.27. The van der Waals surface area contributed by atoms with E-state index in [2.05, 4.69) is 19.2 Å². The lowest BCUT2D eigenvalue weighted by Gasteiger charge is -2.13. The first-order valence-corrected chi connectivity index (χ1v) is 7.36. The third kappa shape index (κ3) is 5.08. The minimum absolute atomic E-state index is 0.0115. The van der Waals surface area contributed by atoms with Crippen molar-refractivity contribution in [1.29, 1.82) is 0 Å². The van der Waals surface area contributed by atoms with Gasteiger partial charge in [-0.15, -0.1) is 0 Å². The van der Waals surface area contributed by atoms with Crippen LogP contribution < -0.4 is 10.1 Å². The Bertz CT molecular complexity index is 426. The van der Waals surface area contributed by atoms with Gasteiger partial charge in [0.15, 0.2) is 5.75 Å². The average molecular weight is 284 g/mol. The Balaban J connectivity index is 2.64. The molecular weight excluding hydrogens is 264 g/mol. The summed E-state index contributed by atoms with van der Waals surface area (Å²) in [5, 5.41) is 14.3. The summed E-state index contributed by atoms with van der Waals surface area (Å²) >= 11 is 1.87. The van der Waals surface area contributed by atoms with Crippen molar-refractivity contribution in [3.63, 3.8) is 0 Å². The van der Waals surface area contributed by atoms with Crippen molar-refractivity contribution >= 4 is 17.4 Å². The third-order valence-electron chi connectivity index (χ3n) is 2.67. The summed E-state index contributed by atoms with van der Waals surface area (Å²) in [5.74, 6) is 2.43. The van der Waals surface area contributed by atoms with Crippen LogP contribution in [0.15, 0.2) is 18.2 Å². The summed E-state index contributed by atoms with van der Waals surface area (Å²) < 4.78 is 4.97. The molecule has 0 heterocycles. The first kappa shape index (κ1) is 15.8. The maximum absolute atomic E-state index is 10.9. The SMILES string of the molecule is CCSCC(C)NCc1ccc(OC)c([N+](=O)[O-])c1. The number of nitrogens with zero attached hydrogens (tertiary/aromatic N) is 1. The van der Waals surface area contributed by atoms with Crippen LogP contribution in [0.5, 0.6) is 5.75 Å². The lowest BCUT2D eigenvalue weighted by molar-refractivity contribution is -0.385. The molecule has 0 fully saturated rings. The first-order chi connectivity index (χ1) is 9.08. The molecule has 1 aromatic rings. The smallest absolute Gasteiger partial charge is 0.311 e. The maximum atomic E-state index is 10.9. The topological polar surface area (TPSA) is 64.4 Å². The second-order valence-corrected chi connectivity index (χ2v) is 5.52. The number of methoxy groups -OCH3 is 1.